The molecule has 5 heteroatoms. The Bertz CT molecular complexity index is 813. The summed E-state index contributed by atoms with van der Waals surface area (Å²) in [6, 6.07) is 20.0. The Labute approximate surface area is 151 Å². The number of amides is 1. The van der Waals surface area contributed by atoms with Crippen molar-refractivity contribution >= 4 is 17.7 Å². The van der Waals surface area contributed by atoms with Crippen LogP contribution < -0.4 is 5.32 Å². The summed E-state index contributed by atoms with van der Waals surface area (Å²) in [5.41, 5.74) is 4.16. The second-order valence-electron chi connectivity index (χ2n) is 5.80. The van der Waals surface area contributed by atoms with Gasteiger partial charge in [0.25, 0.3) is 0 Å². The van der Waals surface area contributed by atoms with Gasteiger partial charge in [0.1, 0.15) is 11.5 Å². The number of aromatic nitrogens is 1. The van der Waals surface area contributed by atoms with E-state index < -0.39 is 0 Å². The molecule has 4 nitrogen and oxygen atoms in total. The fraction of sp³-hybridized carbons (Fsp3) is 0.200. The summed E-state index contributed by atoms with van der Waals surface area (Å²) in [5.74, 6) is 1.81. The molecule has 0 atom stereocenters. The average Bonchev–Trinajstić information content (AvgIpc) is 3.11. The third-order valence-corrected chi connectivity index (χ3v) is 4.67. The summed E-state index contributed by atoms with van der Waals surface area (Å²) in [4.78, 5) is 11.9. The van der Waals surface area contributed by atoms with E-state index in [-0.39, 0.29) is 5.91 Å². The van der Waals surface area contributed by atoms with Gasteiger partial charge >= 0.3 is 0 Å². The zero-order valence-corrected chi connectivity index (χ0v) is 14.9. The molecular weight excluding hydrogens is 332 g/mol. The van der Waals surface area contributed by atoms with Crippen molar-refractivity contribution in [2.24, 2.45) is 0 Å². The molecule has 0 saturated carbocycles. The van der Waals surface area contributed by atoms with E-state index >= 15 is 0 Å². The molecule has 0 bridgehead atoms. The molecular formula is C20H20N2O2S. The van der Waals surface area contributed by atoms with Crippen molar-refractivity contribution in [2.75, 3.05) is 5.75 Å². The van der Waals surface area contributed by atoms with Gasteiger partial charge in [-0.25, -0.2) is 0 Å². The summed E-state index contributed by atoms with van der Waals surface area (Å²) in [5, 5.41) is 7.01. The number of carbonyl (C=O) groups is 1. The van der Waals surface area contributed by atoms with Crippen LogP contribution in [0, 0.1) is 6.92 Å². The quantitative estimate of drug-likeness (QED) is 0.692. The number of nitrogens with zero attached hydrogens (tertiary/aromatic N) is 1. The van der Waals surface area contributed by atoms with Crippen molar-refractivity contribution in [3.8, 4) is 11.3 Å². The van der Waals surface area contributed by atoms with Crippen molar-refractivity contribution in [1.29, 1.82) is 0 Å². The molecule has 1 amide bonds. The second kappa shape index (κ2) is 8.53. The Morgan fingerprint density at radius 3 is 2.64 bits per heavy atom. The summed E-state index contributed by atoms with van der Waals surface area (Å²) in [6.45, 7) is 2.60. The largest absolute Gasteiger partial charge is 0.360 e. The predicted molar refractivity (Wildman–Crippen MR) is 101 cm³/mol. The molecule has 3 aromatic rings. The summed E-state index contributed by atoms with van der Waals surface area (Å²) in [6.07, 6.45) is 0. The van der Waals surface area contributed by atoms with Crippen LogP contribution in [0.2, 0.25) is 0 Å². The molecule has 1 aromatic heterocycles. The third kappa shape index (κ3) is 5.22. The fourth-order valence-electron chi connectivity index (χ4n) is 2.33. The molecule has 0 aliphatic heterocycles. The second-order valence-corrected chi connectivity index (χ2v) is 6.79. The van der Waals surface area contributed by atoms with Crippen LogP contribution in [0.5, 0.6) is 0 Å². The highest BCUT2D eigenvalue weighted by Gasteiger charge is 2.08. The Morgan fingerprint density at radius 1 is 1.12 bits per heavy atom. The fourth-order valence-corrected chi connectivity index (χ4v) is 3.05. The number of hydrogen-bond acceptors (Lipinski definition) is 4. The van der Waals surface area contributed by atoms with E-state index in [9.17, 15) is 4.79 Å². The minimum atomic E-state index is 0.0216. The Kier molecular flexibility index (Phi) is 5.90. The smallest absolute Gasteiger partial charge is 0.230 e. The van der Waals surface area contributed by atoms with E-state index in [1.54, 1.807) is 0 Å². The van der Waals surface area contributed by atoms with Gasteiger partial charge in [0.15, 0.2) is 0 Å². The first-order valence-corrected chi connectivity index (χ1v) is 9.27. The normalized spacial score (nSPS) is 10.6. The third-order valence-electron chi connectivity index (χ3n) is 3.72. The highest BCUT2D eigenvalue weighted by atomic mass is 32.2. The molecule has 0 unspecified atom stereocenters. The van der Waals surface area contributed by atoms with Crippen LogP contribution in [-0.4, -0.2) is 16.8 Å². The first-order chi connectivity index (χ1) is 12.2. The van der Waals surface area contributed by atoms with Crippen molar-refractivity contribution in [3.63, 3.8) is 0 Å². The van der Waals surface area contributed by atoms with Gasteiger partial charge in [-0.05, 0) is 12.5 Å². The van der Waals surface area contributed by atoms with Crippen molar-refractivity contribution in [1.82, 2.24) is 10.5 Å². The van der Waals surface area contributed by atoms with Gasteiger partial charge in [0.2, 0.25) is 5.91 Å². The van der Waals surface area contributed by atoms with Crippen LogP contribution >= 0.6 is 11.8 Å². The number of aryl methyl sites for hydroxylation is 1. The Morgan fingerprint density at radius 2 is 1.88 bits per heavy atom. The number of hydrogen-bond donors (Lipinski definition) is 1. The SMILES string of the molecule is Cc1ccc(CNC(=O)CSCc2cc(-c3ccccc3)no2)cc1. The maximum Gasteiger partial charge on any atom is 0.230 e. The van der Waals surface area contributed by atoms with Crippen molar-refractivity contribution in [3.05, 3.63) is 77.6 Å². The van der Waals surface area contributed by atoms with Crippen LogP contribution in [-0.2, 0) is 17.1 Å². The van der Waals surface area contributed by atoms with E-state index in [2.05, 4.69) is 10.5 Å². The zero-order valence-electron chi connectivity index (χ0n) is 14.1. The molecule has 1 heterocycles. The lowest BCUT2D eigenvalue weighted by atomic mass is 10.1. The first kappa shape index (κ1) is 17.3. The van der Waals surface area contributed by atoms with Gasteiger partial charge < -0.3 is 9.84 Å². The number of carbonyl (C=O) groups excluding carboxylic acids is 1. The van der Waals surface area contributed by atoms with Crippen molar-refractivity contribution < 1.29 is 9.32 Å². The predicted octanol–water partition coefficient (Wildman–Crippen LogP) is 4.20. The minimum absolute atomic E-state index is 0.0216. The van der Waals surface area contributed by atoms with Gasteiger partial charge in [-0.2, -0.15) is 0 Å². The standard InChI is InChI=1S/C20H20N2O2S/c1-15-7-9-16(10-8-15)12-21-20(23)14-25-13-18-11-19(22-24-18)17-5-3-2-4-6-17/h2-11H,12-14H2,1H3,(H,21,23). The summed E-state index contributed by atoms with van der Waals surface area (Å²) in [7, 11) is 0. The van der Waals surface area contributed by atoms with E-state index in [0.29, 0.717) is 18.1 Å². The molecule has 2 aromatic carbocycles. The molecule has 128 valence electrons. The Balaban J connectivity index is 1.41. The molecule has 0 fully saturated rings. The van der Waals surface area contributed by atoms with E-state index in [1.807, 2.05) is 67.6 Å². The molecule has 0 aliphatic carbocycles. The average molecular weight is 352 g/mol. The lowest BCUT2D eigenvalue weighted by Crippen LogP contribution is -2.24. The highest BCUT2D eigenvalue weighted by Crippen LogP contribution is 2.21. The first-order valence-electron chi connectivity index (χ1n) is 8.12. The number of thioether (sulfide) groups is 1. The minimum Gasteiger partial charge on any atom is -0.360 e. The maximum atomic E-state index is 11.9. The zero-order chi connectivity index (χ0) is 17.5. The van der Waals surface area contributed by atoms with E-state index in [0.717, 1.165) is 22.6 Å². The van der Waals surface area contributed by atoms with Gasteiger partial charge in [0, 0.05) is 18.2 Å². The van der Waals surface area contributed by atoms with Crippen LogP contribution in [0.25, 0.3) is 11.3 Å². The van der Waals surface area contributed by atoms with Crippen LogP contribution in [0.4, 0.5) is 0 Å². The molecule has 0 spiro atoms. The molecule has 1 N–H and O–H groups in total. The summed E-state index contributed by atoms with van der Waals surface area (Å²) < 4.78 is 5.34. The number of nitrogens with one attached hydrogen (secondary N) is 1. The lowest BCUT2D eigenvalue weighted by molar-refractivity contribution is -0.118. The van der Waals surface area contributed by atoms with Gasteiger partial charge in [-0.1, -0.05) is 65.3 Å². The van der Waals surface area contributed by atoms with Crippen LogP contribution in [0.1, 0.15) is 16.9 Å². The molecule has 0 aliphatic rings. The molecule has 0 saturated heterocycles. The molecule has 25 heavy (non-hydrogen) atoms. The number of benzene rings is 2. The Hall–Kier alpha value is -2.53. The van der Waals surface area contributed by atoms with E-state index in [4.69, 9.17) is 4.52 Å². The highest BCUT2D eigenvalue weighted by molar-refractivity contribution is 7.99. The van der Waals surface area contributed by atoms with Crippen LogP contribution in [0.3, 0.4) is 0 Å². The monoisotopic (exact) mass is 352 g/mol. The van der Waals surface area contributed by atoms with Crippen molar-refractivity contribution in [2.45, 2.75) is 19.2 Å². The topological polar surface area (TPSA) is 55.1 Å². The van der Waals surface area contributed by atoms with Crippen LogP contribution in [0.15, 0.2) is 65.2 Å². The molecule has 3 rings (SSSR count). The van der Waals surface area contributed by atoms with Gasteiger partial charge in [0.05, 0.1) is 11.5 Å². The summed E-state index contributed by atoms with van der Waals surface area (Å²) >= 11 is 1.51. The lowest BCUT2D eigenvalue weighted by Gasteiger charge is -2.05. The van der Waals surface area contributed by atoms with Gasteiger partial charge in [-0.3, -0.25) is 4.79 Å². The van der Waals surface area contributed by atoms with Gasteiger partial charge in [-0.15, -0.1) is 11.8 Å². The molecule has 0 radical (unpaired) electrons. The number of rotatable bonds is 7. The van der Waals surface area contributed by atoms with E-state index in [1.165, 1.54) is 17.3 Å². The maximum absolute atomic E-state index is 11.9.